The van der Waals surface area contributed by atoms with Crippen LogP contribution in [0.2, 0.25) is 0 Å². The Kier molecular flexibility index (Phi) is 3.05. The SMILES string of the molecule is C#Cc1ccsc1C#Cc1ccc(F)cc1. The van der Waals surface area contributed by atoms with Crippen molar-refractivity contribution in [3.8, 4) is 24.2 Å². The van der Waals surface area contributed by atoms with Crippen LogP contribution in [0.3, 0.4) is 0 Å². The summed E-state index contributed by atoms with van der Waals surface area (Å²) in [6, 6.07) is 7.93. The standard InChI is InChI=1S/C14H7FS/c1-2-12-9-10-16-14(12)8-5-11-3-6-13(15)7-4-11/h1,3-4,6-7,9-10H. The smallest absolute Gasteiger partial charge is 0.123 e. The van der Waals surface area contributed by atoms with Crippen molar-refractivity contribution in [3.63, 3.8) is 0 Å². The maximum absolute atomic E-state index is 12.6. The Hall–Kier alpha value is -2.03. The second-order valence-electron chi connectivity index (χ2n) is 3.06. The largest absolute Gasteiger partial charge is 0.207 e. The van der Waals surface area contributed by atoms with Crippen molar-refractivity contribution in [3.05, 3.63) is 57.5 Å². The van der Waals surface area contributed by atoms with Crippen LogP contribution in [-0.2, 0) is 0 Å². The zero-order valence-corrected chi connectivity index (χ0v) is 9.14. The van der Waals surface area contributed by atoms with E-state index in [9.17, 15) is 4.39 Å². The molecule has 0 atom stereocenters. The zero-order chi connectivity index (χ0) is 11.4. The first-order valence-electron chi connectivity index (χ1n) is 4.61. The van der Waals surface area contributed by atoms with E-state index >= 15 is 0 Å². The van der Waals surface area contributed by atoms with Crippen LogP contribution in [0.4, 0.5) is 4.39 Å². The molecule has 0 bridgehead atoms. The molecule has 0 amide bonds. The molecule has 0 spiro atoms. The summed E-state index contributed by atoms with van der Waals surface area (Å²) in [7, 11) is 0. The molecule has 76 valence electrons. The van der Waals surface area contributed by atoms with Crippen LogP contribution in [0.1, 0.15) is 16.0 Å². The van der Waals surface area contributed by atoms with Gasteiger partial charge < -0.3 is 0 Å². The number of hydrogen-bond acceptors (Lipinski definition) is 1. The molecule has 1 aromatic carbocycles. The maximum atomic E-state index is 12.6. The molecule has 2 aromatic rings. The third-order valence-corrected chi connectivity index (χ3v) is 2.82. The van der Waals surface area contributed by atoms with Gasteiger partial charge in [-0.25, -0.2) is 4.39 Å². The summed E-state index contributed by atoms with van der Waals surface area (Å²) in [4.78, 5) is 0.867. The number of hydrogen-bond donors (Lipinski definition) is 0. The first kappa shape index (κ1) is 10.5. The van der Waals surface area contributed by atoms with Gasteiger partial charge in [0.1, 0.15) is 5.82 Å². The summed E-state index contributed by atoms with van der Waals surface area (Å²) in [5.74, 6) is 8.24. The van der Waals surface area contributed by atoms with Gasteiger partial charge in [0.05, 0.1) is 10.4 Å². The minimum Gasteiger partial charge on any atom is -0.207 e. The summed E-state index contributed by atoms with van der Waals surface area (Å²) in [5.41, 5.74) is 1.58. The molecule has 0 nitrogen and oxygen atoms in total. The minimum atomic E-state index is -0.258. The molecule has 0 fully saturated rings. The molecule has 1 aromatic heterocycles. The molecule has 1 heterocycles. The second kappa shape index (κ2) is 4.66. The Bertz CT molecular complexity index is 588. The third kappa shape index (κ3) is 2.31. The van der Waals surface area contributed by atoms with Gasteiger partial charge in [0, 0.05) is 5.56 Å². The van der Waals surface area contributed by atoms with Gasteiger partial charge in [-0.05, 0) is 41.6 Å². The molecule has 0 saturated carbocycles. The molecular formula is C14H7FS. The van der Waals surface area contributed by atoms with Gasteiger partial charge in [-0.15, -0.1) is 17.8 Å². The lowest BCUT2D eigenvalue weighted by molar-refractivity contribution is 0.627. The Morgan fingerprint density at radius 1 is 1.06 bits per heavy atom. The Morgan fingerprint density at radius 3 is 2.50 bits per heavy atom. The highest BCUT2D eigenvalue weighted by molar-refractivity contribution is 7.10. The number of thiophene rings is 1. The fraction of sp³-hybridized carbons (Fsp3) is 0. The second-order valence-corrected chi connectivity index (χ2v) is 3.98. The monoisotopic (exact) mass is 226 g/mol. The van der Waals surface area contributed by atoms with E-state index in [1.54, 1.807) is 12.1 Å². The van der Waals surface area contributed by atoms with Crippen molar-refractivity contribution in [2.75, 3.05) is 0 Å². The van der Waals surface area contributed by atoms with Crippen LogP contribution in [0, 0.1) is 30.0 Å². The van der Waals surface area contributed by atoms with Crippen LogP contribution >= 0.6 is 11.3 Å². The topological polar surface area (TPSA) is 0 Å². The average molecular weight is 226 g/mol. The van der Waals surface area contributed by atoms with E-state index < -0.39 is 0 Å². The van der Waals surface area contributed by atoms with E-state index in [0.717, 1.165) is 16.0 Å². The highest BCUT2D eigenvalue weighted by atomic mass is 32.1. The molecule has 0 aliphatic carbocycles. The van der Waals surface area contributed by atoms with Crippen LogP contribution in [0.15, 0.2) is 35.7 Å². The van der Waals surface area contributed by atoms with E-state index in [1.807, 2.05) is 11.4 Å². The van der Waals surface area contributed by atoms with Crippen LogP contribution < -0.4 is 0 Å². The van der Waals surface area contributed by atoms with Crippen LogP contribution in [-0.4, -0.2) is 0 Å². The van der Waals surface area contributed by atoms with Gasteiger partial charge in [0.25, 0.3) is 0 Å². The van der Waals surface area contributed by atoms with Crippen molar-refractivity contribution in [2.24, 2.45) is 0 Å². The molecular weight excluding hydrogens is 219 g/mol. The van der Waals surface area contributed by atoms with Crippen LogP contribution in [0.25, 0.3) is 0 Å². The lowest BCUT2D eigenvalue weighted by Gasteiger charge is -1.89. The maximum Gasteiger partial charge on any atom is 0.123 e. The molecule has 2 rings (SSSR count). The van der Waals surface area contributed by atoms with E-state index in [1.165, 1.54) is 23.5 Å². The zero-order valence-electron chi connectivity index (χ0n) is 8.33. The first-order valence-corrected chi connectivity index (χ1v) is 5.49. The van der Waals surface area contributed by atoms with Crippen molar-refractivity contribution < 1.29 is 4.39 Å². The van der Waals surface area contributed by atoms with Crippen molar-refractivity contribution in [1.29, 1.82) is 0 Å². The van der Waals surface area contributed by atoms with E-state index in [-0.39, 0.29) is 5.82 Å². The normalized spacial score (nSPS) is 9.00. The molecule has 0 saturated heterocycles. The summed E-state index contributed by atoms with van der Waals surface area (Å²) in [5, 5.41) is 1.91. The van der Waals surface area contributed by atoms with Gasteiger partial charge in [0.15, 0.2) is 0 Å². The average Bonchev–Trinajstić information content (AvgIpc) is 2.76. The van der Waals surface area contributed by atoms with E-state index in [4.69, 9.17) is 6.42 Å². The molecule has 0 radical (unpaired) electrons. The summed E-state index contributed by atoms with van der Waals surface area (Å²) >= 11 is 1.51. The molecule has 2 heteroatoms. The molecule has 0 N–H and O–H groups in total. The predicted molar refractivity (Wildman–Crippen MR) is 64.6 cm³/mol. The predicted octanol–water partition coefficient (Wildman–Crippen LogP) is 3.27. The highest BCUT2D eigenvalue weighted by Crippen LogP contribution is 2.14. The Labute approximate surface area is 97.8 Å². The third-order valence-electron chi connectivity index (χ3n) is 1.99. The van der Waals surface area contributed by atoms with Crippen LogP contribution in [0.5, 0.6) is 0 Å². The Morgan fingerprint density at radius 2 is 1.81 bits per heavy atom. The first-order chi connectivity index (χ1) is 7.79. The molecule has 0 aliphatic heterocycles. The summed E-state index contributed by atoms with van der Waals surface area (Å²) in [6.07, 6.45) is 5.32. The fourth-order valence-electron chi connectivity index (χ4n) is 1.18. The van der Waals surface area contributed by atoms with Gasteiger partial charge in [-0.1, -0.05) is 11.8 Å². The van der Waals surface area contributed by atoms with Crippen molar-refractivity contribution in [2.45, 2.75) is 0 Å². The minimum absolute atomic E-state index is 0.258. The quantitative estimate of drug-likeness (QED) is 0.605. The number of halogens is 1. The summed E-state index contributed by atoms with van der Waals surface area (Å²) < 4.78 is 12.6. The van der Waals surface area contributed by atoms with E-state index in [0.29, 0.717) is 0 Å². The van der Waals surface area contributed by atoms with Gasteiger partial charge >= 0.3 is 0 Å². The highest BCUT2D eigenvalue weighted by Gasteiger charge is 1.96. The number of rotatable bonds is 0. The Balaban J connectivity index is 2.29. The van der Waals surface area contributed by atoms with Crippen molar-refractivity contribution in [1.82, 2.24) is 0 Å². The molecule has 0 aliphatic rings. The van der Waals surface area contributed by atoms with Crippen molar-refractivity contribution >= 4 is 11.3 Å². The molecule has 16 heavy (non-hydrogen) atoms. The number of terminal acetylenes is 1. The van der Waals surface area contributed by atoms with E-state index in [2.05, 4.69) is 17.8 Å². The van der Waals surface area contributed by atoms with Gasteiger partial charge in [0.2, 0.25) is 0 Å². The van der Waals surface area contributed by atoms with Gasteiger partial charge in [-0.2, -0.15) is 0 Å². The lowest BCUT2D eigenvalue weighted by atomic mass is 10.2. The fourth-order valence-corrected chi connectivity index (χ4v) is 1.89. The van der Waals surface area contributed by atoms with Gasteiger partial charge in [-0.3, -0.25) is 0 Å². The number of benzene rings is 1. The lowest BCUT2D eigenvalue weighted by Crippen LogP contribution is -1.77. The summed E-state index contributed by atoms with van der Waals surface area (Å²) in [6.45, 7) is 0. The molecule has 0 unspecified atom stereocenters.